The number of nitrogens with zero attached hydrogens (tertiary/aromatic N) is 1. The summed E-state index contributed by atoms with van der Waals surface area (Å²) < 4.78 is 37.9. The summed E-state index contributed by atoms with van der Waals surface area (Å²) in [6.45, 7) is 5.58. The second kappa shape index (κ2) is 5.07. The van der Waals surface area contributed by atoms with Gasteiger partial charge in [0.05, 0.1) is 5.56 Å². The average molecular weight is 276 g/mol. The van der Waals surface area contributed by atoms with Crippen molar-refractivity contribution in [1.29, 1.82) is 0 Å². The summed E-state index contributed by atoms with van der Waals surface area (Å²) in [5.74, 6) is -1.59. The standard InChI is InChI=1S/C12H15F3N2O2/c1-4-11(2,3)17-8-6-5-7(12(13,14)15)9(16-8)10(18)19/h5-6H,4H2,1-3H3,(H,16,17)(H,18,19). The van der Waals surface area contributed by atoms with Crippen LogP contribution < -0.4 is 5.32 Å². The highest BCUT2D eigenvalue weighted by Crippen LogP contribution is 2.32. The summed E-state index contributed by atoms with van der Waals surface area (Å²) in [7, 11) is 0. The maximum atomic E-state index is 12.6. The number of aromatic carboxylic acids is 1. The fourth-order valence-corrected chi connectivity index (χ4v) is 1.36. The van der Waals surface area contributed by atoms with Gasteiger partial charge in [0.1, 0.15) is 5.82 Å². The number of carboxylic acid groups (broad SMARTS) is 1. The highest BCUT2D eigenvalue weighted by Gasteiger charge is 2.36. The second-order valence-corrected chi connectivity index (χ2v) is 4.76. The predicted molar refractivity (Wildman–Crippen MR) is 64.2 cm³/mol. The summed E-state index contributed by atoms with van der Waals surface area (Å²) in [5, 5.41) is 11.7. The van der Waals surface area contributed by atoms with Gasteiger partial charge in [0.15, 0.2) is 5.69 Å². The molecule has 0 aliphatic carbocycles. The Hall–Kier alpha value is -1.79. The van der Waals surface area contributed by atoms with Crippen molar-refractivity contribution in [1.82, 2.24) is 4.98 Å². The van der Waals surface area contributed by atoms with Gasteiger partial charge >= 0.3 is 12.1 Å². The number of alkyl halides is 3. The van der Waals surface area contributed by atoms with Gasteiger partial charge in [-0.2, -0.15) is 13.2 Å². The number of rotatable bonds is 4. The first-order valence-electron chi connectivity index (χ1n) is 5.66. The zero-order chi connectivity index (χ0) is 14.8. The van der Waals surface area contributed by atoms with Gasteiger partial charge in [0.2, 0.25) is 0 Å². The molecule has 7 heteroatoms. The largest absolute Gasteiger partial charge is 0.476 e. The molecule has 0 atom stereocenters. The first kappa shape index (κ1) is 15.3. The molecule has 1 aromatic rings. The number of carboxylic acids is 1. The molecular weight excluding hydrogens is 261 g/mol. The Morgan fingerprint density at radius 3 is 2.37 bits per heavy atom. The summed E-state index contributed by atoms with van der Waals surface area (Å²) in [5.41, 5.74) is -2.63. The Morgan fingerprint density at radius 1 is 1.37 bits per heavy atom. The number of anilines is 1. The van der Waals surface area contributed by atoms with Crippen molar-refractivity contribution in [2.24, 2.45) is 0 Å². The minimum absolute atomic E-state index is 0.109. The van der Waals surface area contributed by atoms with E-state index in [1.54, 1.807) is 0 Å². The number of carbonyl (C=O) groups is 1. The van der Waals surface area contributed by atoms with Gasteiger partial charge in [-0.3, -0.25) is 0 Å². The van der Waals surface area contributed by atoms with Gasteiger partial charge in [0.25, 0.3) is 0 Å². The lowest BCUT2D eigenvalue weighted by Crippen LogP contribution is -2.30. The van der Waals surface area contributed by atoms with Crippen LogP contribution in [-0.2, 0) is 6.18 Å². The lowest BCUT2D eigenvalue weighted by Gasteiger charge is -2.25. The quantitative estimate of drug-likeness (QED) is 0.884. The molecule has 4 nitrogen and oxygen atoms in total. The van der Waals surface area contributed by atoms with Crippen LogP contribution in [-0.4, -0.2) is 21.6 Å². The topological polar surface area (TPSA) is 62.2 Å². The lowest BCUT2D eigenvalue weighted by atomic mass is 10.0. The molecule has 0 spiro atoms. The van der Waals surface area contributed by atoms with Crippen LogP contribution >= 0.6 is 0 Å². The smallest absolute Gasteiger partial charge is 0.418 e. The molecule has 19 heavy (non-hydrogen) atoms. The Labute approximate surface area is 108 Å². The molecule has 1 rings (SSSR count). The number of halogens is 3. The second-order valence-electron chi connectivity index (χ2n) is 4.76. The van der Waals surface area contributed by atoms with Crippen LogP contribution in [0.4, 0.5) is 19.0 Å². The van der Waals surface area contributed by atoms with Gasteiger partial charge in [-0.25, -0.2) is 9.78 Å². The summed E-state index contributed by atoms with van der Waals surface area (Å²) in [4.78, 5) is 14.4. The number of hydrogen-bond donors (Lipinski definition) is 2. The van der Waals surface area contributed by atoms with Crippen molar-refractivity contribution < 1.29 is 23.1 Å². The van der Waals surface area contributed by atoms with Crippen LogP contribution in [0.5, 0.6) is 0 Å². The third kappa shape index (κ3) is 3.84. The molecule has 0 aliphatic heterocycles. The fraction of sp³-hybridized carbons (Fsp3) is 0.500. The minimum atomic E-state index is -4.74. The van der Waals surface area contributed by atoms with E-state index in [9.17, 15) is 18.0 Å². The molecule has 0 bridgehead atoms. The molecule has 0 amide bonds. The normalized spacial score (nSPS) is 12.3. The van der Waals surface area contributed by atoms with Crippen LogP contribution in [0.1, 0.15) is 43.2 Å². The predicted octanol–water partition coefficient (Wildman–Crippen LogP) is 3.40. The van der Waals surface area contributed by atoms with Crippen LogP contribution in [0.3, 0.4) is 0 Å². The van der Waals surface area contributed by atoms with Crippen LogP contribution in [0, 0.1) is 0 Å². The number of hydrogen-bond acceptors (Lipinski definition) is 3. The third-order valence-electron chi connectivity index (χ3n) is 2.75. The minimum Gasteiger partial charge on any atom is -0.476 e. The lowest BCUT2D eigenvalue weighted by molar-refractivity contribution is -0.138. The van der Waals surface area contributed by atoms with Crippen LogP contribution in [0.25, 0.3) is 0 Å². The van der Waals surface area contributed by atoms with E-state index >= 15 is 0 Å². The van der Waals surface area contributed by atoms with Gasteiger partial charge in [-0.15, -0.1) is 0 Å². The van der Waals surface area contributed by atoms with E-state index in [1.165, 1.54) is 0 Å². The number of nitrogens with one attached hydrogen (secondary N) is 1. The van der Waals surface area contributed by atoms with Crippen LogP contribution in [0.15, 0.2) is 12.1 Å². The number of aromatic nitrogens is 1. The molecule has 0 radical (unpaired) electrons. The first-order valence-corrected chi connectivity index (χ1v) is 5.66. The van der Waals surface area contributed by atoms with E-state index in [1.807, 2.05) is 20.8 Å². The molecule has 0 aliphatic rings. The van der Waals surface area contributed by atoms with Gasteiger partial charge in [0, 0.05) is 5.54 Å². The monoisotopic (exact) mass is 276 g/mol. The van der Waals surface area contributed by atoms with Gasteiger partial charge in [-0.1, -0.05) is 6.92 Å². The fourth-order valence-electron chi connectivity index (χ4n) is 1.36. The average Bonchev–Trinajstić information content (AvgIpc) is 2.26. The van der Waals surface area contributed by atoms with E-state index in [-0.39, 0.29) is 11.4 Å². The highest BCUT2D eigenvalue weighted by molar-refractivity contribution is 5.87. The van der Waals surface area contributed by atoms with Gasteiger partial charge < -0.3 is 10.4 Å². The first-order chi connectivity index (χ1) is 8.57. The van der Waals surface area contributed by atoms with E-state index in [0.29, 0.717) is 6.42 Å². The Balaban J connectivity index is 3.21. The van der Waals surface area contributed by atoms with Crippen molar-refractivity contribution in [2.45, 2.75) is 38.9 Å². The zero-order valence-corrected chi connectivity index (χ0v) is 10.8. The van der Waals surface area contributed by atoms with Gasteiger partial charge in [-0.05, 0) is 32.4 Å². The molecular formula is C12H15F3N2O2. The molecule has 0 unspecified atom stereocenters. The molecule has 0 fully saturated rings. The van der Waals surface area contributed by atoms with Crippen molar-refractivity contribution >= 4 is 11.8 Å². The summed E-state index contributed by atoms with van der Waals surface area (Å²) in [6.07, 6.45) is -4.03. The summed E-state index contributed by atoms with van der Waals surface area (Å²) in [6, 6.07) is 1.86. The maximum Gasteiger partial charge on any atom is 0.418 e. The van der Waals surface area contributed by atoms with E-state index in [2.05, 4.69) is 10.3 Å². The molecule has 1 heterocycles. The van der Waals surface area contributed by atoms with Crippen molar-refractivity contribution in [3.8, 4) is 0 Å². The molecule has 0 saturated carbocycles. The van der Waals surface area contributed by atoms with E-state index in [0.717, 1.165) is 12.1 Å². The van der Waals surface area contributed by atoms with Crippen molar-refractivity contribution in [2.75, 3.05) is 5.32 Å². The third-order valence-corrected chi connectivity index (χ3v) is 2.75. The molecule has 106 valence electrons. The van der Waals surface area contributed by atoms with Crippen molar-refractivity contribution in [3.63, 3.8) is 0 Å². The molecule has 0 aromatic carbocycles. The Bertz CT molecular complexity index is 484. The highest BCUT2D eigenvalue weighted by atomic mass is 19.4. The Kier molecular flexibility index (Phi) is 4.07. The SMILES string of the molecule is CCC(C)(C)Nc1ccc(C(F)(F)F)c(C(=O)O)n1. The van der Waals surface area contributed by atoms with E-state index < -0.39 is 23.4 Å². The zero-order valence-electron chi connectivity index (χ0n) is 10.8. The maximum absolute atomic E-state index is 12.6. The Morgan fingerprint density at radius 2 is 1.95 bits per heavy atom. The van der Waals surface area contributed by atoms with E-state index in [4.69, 9.17) is 5.11 Å². The molecule has 0 saturated heterocycles. The summed E-state index contributed by atoms with van der Waals surface area (Å²) >= 11 is 0. The van der Waals surface area contributed by atoms with Crippen LogP contribution in [0.2, 0.25) is 0 Å². The van der Waals surface area contributed by atoms with Crippen molar-refractivity contribution in [3.05, 3.63) is 23.4 Å². The molecule has 2 N–H and O–H groups in total. The number of pyridine rings is 1. The molecule has 1 aromatic heterocycles.